The highest BCUT2D eigenvalue weighted by atomic mass is 32.1. The van der Waals surface area contributed by atoms with Gasteiger partial charge in [-0.1, -0.05) is 18.2 Å². The van der Waals surface area contributed by atoms with Gasteiger partial charge in [-0.2, -0.15) is 5.10 Å². The SMILES string of the molecule is O=C(Cn1cc([N+](=O)[O-])c(-c2nccs2)n1)NCc1ccccc1F. The second-order valence-electron chi connectivity index (χ2n) is 5.02. The fraction of sp³-hybridized carbons (Fsp3) is 0.133. The van der Waals surface area contributed by atoms with Crippen LogP contribution in [0.2, 0.25) is 0 Å². The molecule has 2 aromatic heterocycles. The van der Waals surface area contributed by atoms with Gasteiger partial charge in [0.2, 0.25) is 5.91 Å². The van der Waals surface area contributed by atoms with Crippen molar-refractivity contribution in [3.63, 3.8) is 0 Å². The van der Waals surface area contributed by atoms with Crippen LogP contribution in [-0.4, -0.2) is 25.6 Å². The second kappa shape index (κ2) is 7.18. The van der Waals surface area contributed by atoms with Gasteiger partial charge in [0.15, 0.2) is 10.7 Å². The fourth-order valence-corrected chi connectivity index (χ4v) is 2.79. The van der Waals surface area contributed by atoms with Crippen LogP contribution in [0.25, 0.3) is 10.7 Å². The maximum absolute atomic E-state index is 13.5. The van der Waals surface area contributed by atoms with Crippen molar-refractivity contribution in [2.45, 2.75) is 13.1 Å². The summed E-state index contributed by atoms with van der Waals surface area (Å²) in [6, 6.07) is 6.10. The predicted octanol–water partition coefficient (Wildman–Crippen LogP) is 2.37. The van der Waals surface area contributed by atoms with Gasteiger partial charge in [-0.05, 0) is 6.07 Å². The minimum Gasteiger partial charge on any atom is -0.350 e. The van der Waals surface area contributed by atoms with E-state index in [2.05, 4.69) is 15.4 Å². The molecule has 1 amide bonds. The number of hydrogen-bond acceptors (Lipinski definition) is 6. The van der Waals surface area contributed by atoms with Crippen molar-refractivity contribution >= 4 is 22.9 Å². The highest BCUT2D eigenvalue weighted by Crippen LogP contribution is 2.29. The lowest BCUT2D eigenvalue weighted by molar-refractivity contribution is -0.384. The van der Waals surface area contributed by atoms with Crippen LogP contribution in [0.3, 0.4) is 0 Å². The zero-order valence-corrected chi connectivity index (χ0v) is 13.6. The topological polar surface area (TPSA) is 103 Å². The van der Waals surface area contributed by atoms with Crippen LogP contribution in [0.1, 0.15) is 5.56 Å². The molecule has 0 aliphatic carbocycles. The Morgan fingerprint density at radius 2 is 2.20 bits per heavy atom. The smallest absolute Gasteiger partial charge is 0.317 e. The Morgan fingerprint density at radius 1 is 1.40 bits per heavy atom. The van der Waals surface area contributed by atoms with Crippen LogP contribution >= 0.6 is 11.3 Å². The molecule has 128 valence electrons. The number of nitrogens with one attached hydrogen (secondary N) is 1. The normalized spacial score (nSPS) is 10.6. The number of rotatable bonds is 6. The number of carbonyl (C=O) groups excluding carboxylic acids is 1. The largest absolute Gasteiger partial charge is 0.350 e. The molecule has 1 aromatic carbocycles. The molecule has 3 rings (SSSR count). The van der Waals surface area contributed by atoms with E-state index in [4.69, 9.17) is 0 Å². The maximum atomic E-state index is 13.5. The van der Waals surface area contributed by atoms with Crippen LogP contribution in [0, 0.1) is 15.9 Å². The summed E-state index contributed by atoms with van der Waals surface area (Å²) in [5.41, 5.74) is 0.240. The third-order valence-electron chi connectivity index (χ3n) is 3.31. The van der Waals surface area contributed by atoms with Crippen LogP contribution in [-0.2, 0) is 17.9 Å². The number of carbonyl (C=O) groups is 1. The Kier molecular flexibility index (Phi) is 4.80. The summed E-state index contributed by atoms with van der Waals surface area (Å²) in [6.07, 6.45) is 2.70. The van der Waals surface area contributed by atoms with Gasteiger partial charge in [0, 0.05) is 23.7 Å². The standard InChI is InChI=1S/C15H12FN5O3S/c16-11-4-2-1-3-10(11)7-18-13(22)9-20-8-12(21(23)24)14(19-20)15-17-5-6-25-15/h1-6,8H,7,9H2,(H,18,22). The van der Waals surface area contributed by atoms with Crippen LogP contribution in [0.5, 0.6) is 0 Å². The molecular weight excluding hydrogens is 349 g/mol. The molecule has 3 aromatic rings. The molecule has 0 atom stereocenters. The number of benzene rings is 1. The molecule has 0 saturated carbocycles. The minimum atomic E-state index is -0.572. The van der Waals surface area contributed by atoms with Gasteiger partial charge < -0.3 is 5.32 Å². The van der Waals surface area contributed by atoms with Crippen molar-refractivity contribution in [2.24, 2.45) is 0 Å². The van der Waals surface area contributed by atoms with Gasteiger partial charge in [0.25, 0.3) is 0 Å². The highest BCUT2D eigenvalue weighted by Gasteiger charge is 2.23. The van der Waals surface area contributed by atoms with Crippen molar-refractivity contribution in [3.05, 3.63) is 63.5 Å². The number of nitro groups is 1. The van der Waals surface area contributed by atoms with Gasteiger partial charge >= 0.3 is 5.69 Å². The summed E-state index contributed by atoms with van der Waals surface area (Å²) in [7, 11) is 0. The predicted molar refractivity (Wildman–Crippen MR) is 88.2 cm³/mol. The van der Waals surface area contributed by atoms with E-state index in [0.717, 1.165) is 0 Å². The van der Waals surface area contributed by atoms with E-state index < -0.39 is 16.6 Å². The average Bonchev–Trinajstić information content (AvgIpc) is 3.23. The number of thiazole rings is 1. The summed E-state index contributed by atoms with van der Waals surface area (Å²) in [4.78, 5) is 26.6. The van der Waals surface area contributed by atoms with Gasteiger partial charge in [-0.25, -0.2) is 9.37 Å². The highest BCUT2D eigenvalue weighted by molar-refractivity contribution is 7.13. The molecule has 2 heterocycles. The lowest BCUT2D eigenvalue weighted by Crippen LogP contribution is -2.27. The Bertz CT molecular complexity index is 910. The van der Waals surface area contributed by atoms with Crippen LogP contribution in [0.4, 0.5) is 10.1 Å². The molecule has 8 nitrogen and oxygen atoms in total. The van der Waals surface area contributed by atoms with E-state index in [1.807, 2.05) is 0 Å². The first-order valence-electron chi connectivity index (χ1n) is 7.16. The Labute approximate surface area is 145 Å². The van der Waals surface area contributed by atoms with Gasteiger partial charge in [-0.3, -0.25) is 19.6 Å². The number of aromatic nitrogens is 3. The van der Waals surface area contributed by atoms with E-state index in [1.54, 1.807) is 23.6 Å². The van der Waals surface area contributed by atoms with Crippen molar-refractivity contribution in [3.8, 4) is 10.7 Å². The summed E-state index contributed by atoms with van der Waals surface area (Å²) >= 11 is 1.22. The number of halogens is 1. The first-order valence-corrected chi connectivity index (χ1v) is 8.04. The van der Waals surface area contributed by atoms with E-state index in [0.29, 0.717) is 10.6 Å². The zero-order chi connectivity index (χ0) is 17.8. The molecule has 25 heavy (non-hydrogen) atoms. The summed E-state index contributed by atoms with van der Waals surface area (Å²) in [5.74, 6) is -0.852. The summed E-state index contributed by atoms with van der Waals surface area (Å²) in [6.45, 7) is -0.200. The van der Waals surface area contributed by atoms with E-state index >= 15 is 0 Å². The molecule has 0 aliphatic heterocycles. The molecule has 0 unspecified atom stereocenters. The monoisotopic (exact) mass is 361 g/mol. The van der Waals surface area contributed by atoms with E-state index in [-0.39, 0.29) is 24.5 Å². The number of amides is 1. The third kappa shape index (κ3) is 3.86. The van der Waals surface area contributed by atoms with Gasteiger partial charge in [0.1, 0.15) is 18.6 Å². The Balaban J connectivity index is 1.70. The Morgan fingerprint density at radius 3 is 2.88 bits per heavy atom. The molecule has 0 saturated heterocycles. The molecule has 0 radical (unpaired) electrons. The third-order valence-corrected chi connectivity index (χ3v) is 4.09. The molecular formula is C15H12FN5O3S. The molecule has 1 N–H and O–H groups in total. The number of nitrogens with zero attached hydrogens (tertiary/aromatic N) is 4. The van der Waals surface area contributed by atoms with Gasteiger partial charge in [-0.15, -0.1) is 11.3 Å². The summed E-state index contributed by atoms with van der Waals surface area (Å²) in [5, 5.41) is 19.9. The molecule has 0 aliphatic rings. The van der Waals surface area contributed by atoms with E-state index in [1.165, 1.54) is 34.5 Å². The maximum Gasteiger partial charge on any atom is 0.317 e. The number of hydrogen-bond donors (Lipinski definition) is 1. The molecule has 0 spiro atoms. The van der Waals surface area contributed by atoms with Crippen LogP contribution in [0.15, 0.2) is 42.0 Å². The minimum absolute atomic E-state index is 0.0220. The van der Waals surface area contributed by atoms with Crippen molar-refractivity contribution < 1.29 is 14.1 Å². The quantitative estimate of drug-likeness (QED) is 0.536. The lowest BCUT2D eigenvalue weighted by Gasteiger charge is -2.06. The average molecular weight is 361 g/mol. The summed E-state index contributed by atoms with van der Waals surface area (Å²) < 4.78 is 14.7. The van der Waals surface area contributed by atoms with E-state index in [9.17, 15) is 19.3 Å². The second-order valence-corrected chi connectivity index (χ2v) is 5.92. The molecule has 0 fully saturated rings. The first-order chi connectivity index (χ1) is 12.0. The van der Waals surface area contributed by atoms with Crippen LogP contribution < -0.4 is 5.32 Å². The first kappa shape index (κ1) is 16.7. The van der Waals surface area contributed by atoms with Gasteiger partial charge in [0.05, 0.1) is 4.92 Å². The van der Waals surface area contributed by atoms with Crippen molar-refractivity contribution in [1.29, 1.82) is 0 Å². The van der Waals surface area contributed by atoms with Crippen molar-refractivity contribution in [2.75, 3.05) is 0 Å². The molecule has 0 bridgehead atoms. The zero-order valence-electron chi connectivity index (χ0n) is 12.8. The molecule has 10 heteroatoms. The lowest BCUT2D eigenvalue weighted by atomic mass is 10.2. The fourth-order valence-electron chi connectivity index (χ4n) is 2.16. The Hall–Kier alpha value is -3.14. The van der Waals surface area contributed by atoms with Crippen molar-refractivity contribution in [1.82, 2.24) is 20.1 Å².